The number of rotatable bonds is 8. The number of aromatic hydroxyl groups is 1. The van der Waals surface area contributed by atoms with Crippen LogP contribution < -0.4 is 0 Å². The molecule has 236 valence electrons. The molecule has 0 amide bonds. The van der Waals surface area contributed by atoms with Crippen LogP contribution in [0.3, 0.4) is 0 Å². The fraction of sp³-hybridized carbons (Fsp3) is 0.452. The largest absolute Gasteiger partial charge is 0.508 e. The van der Waals surface area contributed by atoms with Crippen LogP contribution >= 0.6 is 0 Å². The first-order chi connectivity index (χ1) is 21.0. The van der Waals surface area contributed by atoms with Crippen LogP contribution in [0.5, 0.6) is 5.75 Å². The monoisotopic (exact) mass is 614 g/mol. The number of hydrogen-bond acceptors (Lipinski definition) is 13. The number of aliphatic hydroxyl groups is 4. The van der Waals surface area contributed by atoms with Crippen molar-refractivity contribution in [3.63, 3.8) is 0 Å². The number of methoxy groups -OCH3 is 1. The second-order valence-electron chi connectivity index (χ2n) is 11.0. The highest BCUT2D eigenvalue weighted by molar-refractivity contribution is 5.95. The third-order valence-electron chi connectivity index (χ3n) is 8.30. The first-order valence-electron chi connectivity index (χ1n) is 14.1. The van der Waals surface area contributed by atoms with E-state index in [1.165, 1.54) is 44.4 Å². The summed E-state index contributed by atoms with van der Waals surface area (Å²) >= 11 is 0. The van der Waals surface area contributed by atoms with Gasteiger partial charge < -0.3 is 49.2 Å². The lowest BCUT2D eigenvalue weighted by atomic mass is 9.72. The van der Waals surface area contributed by atoms with E-state index in [0.29, 0.717) is 11.1 Å². The maximum absolute atomic E-state index is 13.2. The van der Waals surface area contributed by atoms with E-state index >= 15 is 0 Å². The van der Waals surface area contributed by atoms with Crippen LogP contribution in [0.1, 0.15) is 18.9 Å². The highest BCUT2D eigenvalue weighted by atomic mass is 16.7. The average molecular weight is 615 g/mol. The number of benzene rings is 1. The predicted molar refractivity (Wildman–Crippen MR) is 149 cm³/mol. The van der Waals surface area contributed by atoms with Crippen LogP contribution in [0.25, 0.3) is 6.08 Å². The number of ether oxygens (including phenoxy) is 5. The van der Waals surface area contributed by atoms with Gasteiger partial charge in [-0.15, -0.1) is 0 Å². The number of carbonyl (C=O) groups excluding carboxylic acids is 3. The summed E-state index contributed by atoms with van der Waals surface area (Å²) in [5.74, 6) is -3.41. The van der Waals surface area contributed by atoms with Gasteiger partial charge in [0.1, 0.15) is 36.3 Å². The van der Waals surface area contributed by atoms with Crippen LogP contribution in [0.4, 0.5) is 0 Å². The fourth-order valence-corrected chi connectivity index (χ4v) is 6.05. The highest BCUT2D eigenvalue weighted by Gasteiger charge is 2.58. The molecule has 0 unspecified atom stereocenters. The third-order valence-corrected chi connectivity index (χ3v) is 8.30. The Labute approximate surface area is 252 Å². The van der Waals surface area contributed by atoms with Crippen LogP contribution in [0, 0.1) is 11.8 Å². The van der Waals surface area contributed by atoms with Crippen molar-refractivity contribution in [1.29, 1.82) is 0 Å². The van der Waals surface area contributed by atoms with Gasteiger partial charge >= 0.3 is 17.9 Å². The average Bonchev–Trinajstić information content (AvgIpc) is 3.56. The van der Waals surface area contributed by atoms with Gasteiger partial charge in [0, 0.05) is 23.5 Å². The van der Waals surface area contributed by atoms with Gasteiger partial charge in [-0.25, -0.2) is 14.4 Å². The highest BCUT2D eigenvalue weighted by Crippen LogP contribution is 2.51. The topological polar surface area (TPSA) is 199 Å². The molecule has 4 aliphatic rings. The van der Waals surface area contributed by atoms with Gasteiger partial charge in [0.2, 0.25) is 0 Å². The van der Waals surface area contributed by atoms with Crippen molar-refractivity contribution >= 4 is 24.0 Å². The summed E-state index contributed by atoms with van der Waals surface area (Å²) in [6.07, 6.45) is -0.294. The molecule has 0 saturated carbocycles. The zero-order chi connectivity index (χ0) is 31.8. The first kappa shape index (κ1) is 31.6. The van der Waals surface area contributed by atoms with E-state index in [1.54, 1.807) is 30.4 Å². The van der Waals surface area contributed by atoms with E-state index in [-0.39, 0.29) is 17.7 Å². The Balaban J connectivity index is 1.39. The molecule has 1 aromatic rings. The van der Waals surface area contributed by atoms with Crippen molar-refractivity contribution < 1.29 is 63.6 Å². The molecule has 44 heavy (non-hydrogen) atoms. The molecule has 13 nitrogen and oxygen atoms in total. The van der Waals surface area contributed by atoms with E-state index in [1.807, 2.05) is 0 Å². The van der Waals surface area contributed by atoms with Crippen LogP contribution in [0.2, 0.25) is 0 Å². The molecule has 5 N–H and O–H groups in total. The fourth-order valence-electron chi connectivity index (χ4n) is 6.05. The molecule has 0 radical (unpaired) electrons. The van der Waals surface area contributed by atoms with Crippen molar-refractivity contribution in [2.75, 3.05) is 13.7 Å². The minimum Gasteiger partial charge on any atom is -0.508 e. The lowest BCUT2D eigenvalue weighted by Gasteiger charge is -2.45. The van der Waals surface area contributed by atoms with Gasteiger partial charge in [-0.1, -0.05) is 24.3 Å². The molecule has 1 fully saturated rings. The van der Waals surface area contributed by atoms with Crippen molar-refractivity contribution in [1.82, 2.24) is 0 Å². The molecule has 1 saturated heterocycles. The normalized spacial score (nSPS) is 35.2. The van der Waals surface area contributed by atoms with Gasteiger partial charge in [0.25, 0.3) is 0 Å². The molecule has 0 aromatic heterocycles. The van der Waals surface area contributed by atoms with Crippen LogP contribution in [-0.4, -0.2) is 106 Å². The molecule has 2 aliphatic carbocycles. The maximum Gasteiger partial charge on any atom is 0.338 e. The Morgan fingerprint density at radius 2 is 1.86 bits per heavy atom. The number of fused-ring (bicyclic) bond motifs is 2. The minimum absolute atomic E-state index is 0.0578. The summed E-state index contributed by atoms with van der Waals surface area (Å²) in [4.78, 5) is 38.3. The molecule has 13 heteroatoms. The third kappa shape index (κ3) is 5.94. The number of phenolic OH excluding ortho intramolecular Hbond substituents is 1. The number of hydrogen-bond donors (Lipinski definition) is 5. The molecular weight excluding hydrogens is 580 g/mol. The Morgan fingerprint density at radius 3 is 2.55 bits per heavy atom. The van der Waals surface area contributed by atoms with Crippen LogP contribution in [0.15, 0.2) is 65.8 Å². The number of aliphatic hydroxyl groups excluding tert-OH is 4. The maximum atomic E-state index is 13.2. The summed E-state index contributed by atoms with van der Waals surface area (Å²) in [7, 11) is 1.24. The quantitative estimate of drug-likeness (QED) is 0.114. The predicted octanol–water partition coefficient (Wildman–Crippen LogP) is 0.0495. The standard InChI is InChI=1S/C31H34O13/c1-15(41-23(34)10-5-16-3-6-17(33)7-4-16)20-13-31(44-29(20)39)12-11-18-19(28(38)40-2)8-9-21(24(18)31)42-30-27(37)26(36)25(35)22(14-32)43-30/h3-8,10-13,15,18,21-22,24-27,30,32-33,35-37H,9,14H2,1-2H3/b10-5-/t15-,18+,21+,22+,24+,25+,26-,27+,30+,31+/m0/s1. The Hall–Kier alpha value is -3.85. The molecular formula is C31H34O13. The number of allylic oxidation sites excluding steroid dienone is 1. The molecule has 1 aromatic carbocycles. The second kappa shape index (κ2) is 12.6. The lowest BCUT2D eigenvalue weighted by Crippen LogP contribution is -2.60. The van der Waals surface area contributed by atoms with Crippen molar-refractivity contribution in [2.45, 2.75) is 61.9 Å². The van der Waals surface area contributed by atoms with Crippen molar-refractivity contribution in [2.24, 2.45) is 11.8 Å². The molecule has 2 aliphatic heterocycles. The zero-order valence-electron chi connectivity index (χ0n) is 23.9. The van der Waals surface area contributed by atoms with Gasteiger partial charge in [-0.05, 0) is 49.3 Å². The molecule has 0 bridgehead atoms. The minimum atomic E-state index is -1.67. The molecule has 2 heterocycles. The first-order valence-corrected chi connectivity index (χ1v) is 14.1. The van der Waals surface area contributed by atoms with Gasteiger partial charge in [-0.2, -0.15) is 0 Å². The number of carbonyl (C=O) groups is 3. The number of esters is 3. The van der Waals surface area contributed by atoms with Gasteiger partial charge in [0.05, 0.1) is 25.4 Å². The second-order valence-corrected chi connectivity index (χ2v) is 11.0. The molecule has 5 rings (SSSR count). The van der Waals surface area contributed by atoms with E-state index in [2.05, 4.69) is 0 Å². The summed E-state index contributed by atoms with van der Waals surface area (Å²) in [5.41, 5.74) is -0.435. The van der Waals surface area contributed by atoms with Gasteiger partial charge in [-0.3, -0.25) is 0 Å². The van der Waals surface area contributed by atoms with E-state index in [4.69, 9.17) is 23.7 Å². The molecule has 1 spiro atoms. The Morgan fingerprint density at radius 1 is 1.14 bits per heavy atom. The van der Waals surface area contributed by atoms with E-state index in [0.717, 1.165) is 0 Å². The van der Waals surface area contributed by atoms with Crippen molar-refractivity contribution in [3.8, 4) is 5.75 Å². The Kier molecular flexibility index (Phi) is 9.07. The smallest absolute Gasteiger partial charge is 0.338 e. The molecule has 10 atom stereocenters. The van der Waals surface area contributed by atoms with E-state index in [9.17, 15) is 39.9 Å². The van der Waals surface area contributed by atoms with Crippen LogP contribution in [-0.2, 0) is 38.1 Å². The lowest BCUT2D eigenvalue weighted by molar-refractivity contribution is -0.317. The van der Waals surface area contributed by atoms with Crippen molar-refractivity contribution in [3.05, 3.63) is 71.4 Å². The summed E-state index contributed by atoms with van der Waals surface area (Å²) in [6.45, 7) is 0.862. The Bertz CT molecular complexity index is 1390. The zero-order valence-corrected chi connectivity index (χ0v) is 23.9. The summed E-state index contributed by atoms with van der Waals surface area (Å²) < 4.78 is 28.0. The SMILES string of the molecule is COC(=O)C1=CC[C@@H](O[C@@H]2O[C@H](CO)[C@@H](O)[C@H](O)[C@H]2O)[C@H]2[C@@H]1C=C[C@@]21C=C([C@H](C)OC(=O)/C=C\c2ccc(O)cc2)C(=O)O1. The number of phenols is 1. The van der Waals surface area contributed by atoms with E-state index < -0.39 is 84.9 Å². The summed E-state index contributed by atoms with van der Waals surface area (Å²) in [5, 5.41) is 50.0. The summed E-state index contributed by atoms with van der Waals surface area (Å²) in [6, 6.07) is 6.15. The van der Waals surface area contributed by atoms with Gasteiger partial charge in [0.15, 0.2) is 11.9 Å².